The minimum absolute atomic E-state index is 0.0384. The number of β-lactam (4-membered cyclic amide) rings is 1. The number of likely N-dealkylation sites (tertiary alicyclic amines) is 1. The molecule has 0 aliphatic carbocycles. The third kappa shape index (κ3) is 2.75. The van der Waals surface area contributed by atoms with E-state index in [0.29, 0.717) is 12.2 Å². The van der Waals surface area contributed by atoms with E-state index in [2.05, 4.69) is 0 Å². The Morgan fingerprint density at radius 3 is 2.44 bits per heavy atom. The SMILES string of the molecule is CCC1CN(C(C)=C(C)OS(C)(=O)=O)C1=O. The lowest BCUT2D eigenvalue weighted by atomic mass is 9.95. The van der Waals surface area contributed by atoms with Gasteiger partial charge < -0.3 is 9.08 Å². The molecule has 0 N–H and O–H groups in total. The van der Waals surface area contributed by atoms with Gasteiger partial charge in [0.05, 0.1) is 17.9 Å². The highest BCUT2D eigenvalue weighted by molar-refractivity contribution is 7.86. The van der Waals surface area contributed by atoms with Crippen LogP contribution in [0.2, 0.25) is 0 Å². The second-order valence-electron chi connectivity index (χ2n) is 3.98. The molecule has 1 fully saturated rings. The highest BCUT2D eigenvalue weighted by Crippen LogP contribution is 2.26. The van der Waals surface area contributed by atoms with Crippen molar-refractivity contribution in [1.29, 1.82) is 0 Å². The highest BCUT2D eigenvalue weighted by atomic mass is 32.2. The van der Waals surface area contributed by atoms with Crippen LogP contribution in [0.15, 0.2) is 11.5 Å². The van der Waals surface area contributed by atoms with Crippen LogP contribution in [0.3, 0.4) is 0 Å². The zero-order valence-electron chi connectivity index (χ0n) is 9.98. The molecule has 0 radical (unpaired) electrons. The van der Waals surface area contributed by atoms with Crippen LogP contribution in [0, 0.1) is 5.92 Å². The van der Waals surface area contributed by atoms with Crippen LogP contribution in [0.25, 0.3) is 0 Å². The average molecular weight is 247 g/mol. The topological polar surface area (TPSA) is 63.7 Å². The number of amides is 1. The van der Waals surface area contributed by atoms with Crippen LogP contribution in [-0.2, 0) is 19.1 Å². The summed E-state index contributed by atoms with van der Waals surface area (Å²) in [6, 6.07) is 0. The van der Waals surface area contributed by atoms with Gasteiger partial charge in [-0.3, -0.25) is 4.79 Å². The van der Waals surface area contributed by atoms with E-state index in [1.807, 2.05) is 6.92 Å². The van der Waals surface area contributed by atoms with Crippen LogP contribution in [-0.4, -0.2) is 32.0 Å². The van der Waals surface area contributed by atoms with Gasteiger partial charge in [0.2, 0.25) is 5.91 Å². The Hall–Kier alpha value is -1.04. The Morgan fingerprint density at radius 2 is 2.06 bits per heavy atom. The van der Waals surface area contributed by atoms with Gasteiger partial charge in [0.1, 0.15) is 5.76 Å². The molecule has 92 valence electrons. The maximum absolute atomic E-state index is 11.6. The maximum Gasteiger partial charge on any atom is 0.305 e. The molecule has 1 rings (SSSR count). The second-order valence-corrected chi connectivity index (χ2v) is 5.56. The summed E-state index contributed by atoms with van der Waals surface area (Å²) in [5, 5.41) is 0. The molecule has 1 aliphatic heterocycles. The zero-order chi connectivity index (χ0) is 12.5. The monoisotopic (exact) mass is 247 g/mol. The third-order valence-electron chi connectivity index (χ3n) is 2.70. The van der Waals surface area contributed by atoms with Crippen LogP contribution >= 0.6 is 0 Å². The van der Waals surface area contributed by atoms with Crippen molar-refractivity contribution in [2.45, 2.75) is 27.2 Å². The first kappa shape index (κ1) is 13.0. The van der Waals surface area contributed by atoms with Gasteiger partial charge in [-0.1, -0.05) is 6.92 Å². The molecule has 0 aromatic heterocycles. The van der Waals surface area contributed by atoms with Gasteiger partial charge in [0.25, 0.3) is 0 Å². The lowest BCUT2D eigenvalue weighted by Crippen LogP contribution is -2.51. The van der Waals surface area contributed by atoms with Crippen molar-refractivity contribution >= 4 is 16.0 Å². The molecule has 6 heteroatoms. The summed E-state index contributed by atoms with van der Waals surface area (Å²) in [5.41, 5.74) is 0.570. The van der Waals surface area contributed by atoms with Gasteiger partial charge in [-0.25, -0.2) is 0 Å². The fourth-order valence-corrected chi connectivity index (χ4v) is 2.15. The summed E-state index contributed by atoms with van der Waals surface area (Å²) in [4.78, 5) is 13.1. The number of rotatable bonds is 4. The summed E-state index contributed by atoms with van der Waals surface area (Å²) in [5.74, 6) is 0.364. The number of carbonyl (C=O) groups is 1. The summed E-state index contributed by atoms with van der Waals surface area (Å²) >= 11 is 0. The molecule has 0 bridgehead atoms. The normalized spacial score (nSPS) is 22.6. The quantitative estimate of drug-likeness (QED) is 0.423. The molecule has 1 saturated heterocycles. The van der Waals surface area contributed by atoms with Crippen LogP contribution < -0.4 is 0 Å². The predicted octanol–water partition coefficient (Wildman–Crippen LogP) is 1.08. The highest BCUT2D eigenvalue weighted by Gasteiger charge is 2.36. The molecule has 5 nitrogen and oxygen atoms in total. The van der Waals surface area contributed by atoms with E-state index >= 15 is 0 Å². The van der Waals surface area contributed by atoms with Crippen LogP contribution in [0.1, 0.15) is 27.2 Å². The predicted molar refractivity (Wildman–Crippen MR) is 59.8 cm³/mol. The van der Waals surface area contributed by atoms with Crippen molar-refractivity contribution in [3.63, 3.8) is 0 Å². The van der Waals surface area contributed by atoms with Gasteiger partial charge >= 0.3 is 10.1 Å². The van der Waals surface area contributed by atoms with Gasteiger partial charge in [-0.2, -0.15) is 8.42 Å². The van der Waals surface area contributed by atoms with Gasteiger partial charge in [0.15, 0.2) is 0 Å². The number of carbonyl (C=O) groups excluding carboxylic acids is 1. The Labute approximate surface area is 96.2 Å². The van der Waals surface area contributed by atoms with E-state index in [-0.39, 0.29) is 17.6 Å². The first-order chi connectivity index (χ1) is 7.26. The summed E-state index contributed by atoms with van der Waals surface area (Å²) < 4.78 is 26.6. The number of allylic oxidation sites excluding steroid dienone is 2. The second kappa shape index (κ2) is 4.45. The Bertz CT molecular complexity index is 424. The van der Waals surface area contributed by atoms with E-state index in [4.69, 9.17) is 4.18 Å². The molecule has 16 heavy (non-hydrogen) atoms. The number of nitrogens with zero attached hydrogens (tertiary/aromatic N) is 1. The largest absolute Gasteiger partial charge is 0.386 e. The fourth-order valence-electron chi connectivity index (χ4n) is 1.58. The van der Waals surface area contributed by atoms with Gasteiger partial charge in [-0.15, -0.1) is 0 Å². The molecule has 0 saturated carbocycles. The molecule has 0 spiro atoms. The molecule has 1 aliphatic rings. The fraction of sp³-hybridized carbons (Fsp3) is 0.700. The van der Waals surface area contributed by atoms with E-state index in [9.17, 15) is 13.2 Å². The van der Waals surface area contributed by atoms with Crippen LogP contribution in [0.4, 0.5) is 0 Å². The molecule has 1 atom stereocenters. The van der Waals surface area contributed by atoms with Crippen molar-refractivity contribution in [3.8, 4) is 0 Å². The molecule has 1 heterocycles. The van der Waals surface area contributed by atoms with Crippen molar-refractivity contribution in [3.05, 3.63) is 11.5 Å². The Kier molecular flexibility index (Phi) is 3.62. The molecule has 1 unspecified atom stereocenters. The third-order valence-corrected chi connectivity index (χ3v) is 3.25. The first-order valence-corrected chi connectivity index (χ1v) is 6.96. The van der Waals surface area contributed by atoms with Crippen molar-refractivity contribution in [2.24, 2.45) is 5.92 Å². The van der Waals surface area contributed by atoms with Crippen molar-refractivity contribution < 1.29 is 17.4 Å². The molecule has 1 amide bonds. The lowest BCUT2D eigenvalue weighted by Gasteiger charge is -2.38. The standard InChI is InChI=1S/C10H17NO4S/c1-5-9-6-11(10(9)12)7(2)8(3)15-16(4,13)14/h9H,5-6H2,1-4H3. The lowest BCUT2D eigenvalue weighted by molar-refractivity contribution is -0.144. The summed E-state index contributed by atoms with van der Waals surface area (Å²) in [6.45, 7) is 5.83. The van der Waals surface area contributed by atoms with E-state index in [1.54, 1.807) is 18.7 Å². The average Bonchev–Trinajstić information content (AvgIpc) is 2.13. The summed E-state index contributed by atoms with van der Waals surface area (Å²) in [7, 11) is -3.52. The molecular weight excluding hydrogens is 230 g/mol. The summed E-state index contributed by atoms with van der Waals surface area (Å²) in [6.07, 6.45) is 1.80. The number of hydrogen-bond acceptors (Lipinski definition) is 4. The van der Waals surface area contributed by atoms with Gasteiger partial charge in [0, 0.05) is 6.54 Å². The molecule has 0 aromatic rings. The van der Waals surface area contributed by atoms with E-state index < -0.39 is 10.1 Å². The van der Waals surface area contributed by atoms with E-state index in [0.717, 1.165) is 12.7 Å². The maximum atomic E-state index is 11.6. The minimum Gasteiger partial charge on any atom is -0.386 e. The van der Waals surface area contributed by atoms with E-state index in [1.165, 1.54) is 0 Å². The Morgan fingerprint density at radius 1 is 1.50 bits per heavy atom. The molecule has 0 aromatic carbocycles. The minimum atomic E-state index is -3.52. The van der Waals surface area contributed by atoms with Crippen molar-refractivity contribution in [2.75, 3.05) is 12.8 Å². The zero-order valence-corrected chi connectivity index (χ0v) is 10.8. The first-order valence-electron chi connectivity index (χ1n) is 5.14. The van der Waals surface area contributed by atoms with Crippen LogP contribution in [0.5, 0.6) is 0 Å². The molecular formula is C10H17NO4S. The Balaban J connectivity index is 2.75. The number of hydrogen-bond donors (Lipinski definition) is 0. The van der Waals surface area contributed by atoms with Crippen molar-refractivity contribution in [1.82, 2.24) is 4.90 Å². The smallest absolute Gasteiger partial charge is 0.305 e. The van der Waals surface area contributed by atoms with Gasteiger partial charge in [-0.05, 0) is 20.3 Å².